The second-order valence-electron chi connectivity index (χ2n) is 8.17. The SMILES string of the molecule is O=C(Nc1ccc(Oc2cccc(Oc3ccc(NC(=O)C(F)(OF)C(F)(F)F)cc3)c2)cc1)c1ccccc1. The number of amides is 2. The van der Waals surface area contributed by atoms with Gasteiger partial charge in [-0.25, -0.2) is 0 Å². The summed E-state index contributed by atoms with van der Waals surface area (Å²) >= 11 is 0. The van der Waals surface area contributed by atoms with Crippen LogP contribution in [0.25, 0.3) is 0 Å². The number of carbonyl (C=O) groups is 2. The average molecular weight is 558 g/mol. The summed E-state index contributed by atoms with van der Waals surface area (Å²) in [5.74, 6) is -6.33. The van der Waals surface area contributed by atoms with Crippen LogP contribution in [0.1, 0.15) is 10.4 Å². The summed E-state index contributed by atoms with van der Waals surface area (Å²) in [5.41, 5.74) is 0.834. The van der Waals surface area contributed by atoms with E-state index in [9.17, 15) is 31.7 Å². The van der Waals surface area contributed by atoms with Crippen LogP contribution in [0.5, 0.6) is 23.0 Å². The van der Waals surface area contributed by atoms with E-state index in [2.05, 4.69) is 10.3 Å². The van der Waals surface area contributed by atoms with E-state index in [1.54, 1.807) is 78.1 Å². The third kappa shape index (κ3) is 6.72. The van der Waals surface area contributed by atoms with Crippen LogP contribution < -0.4 is 20.1 Å². The third-order valence-corrected chi connectivity index (χ3v) is 5.30. The van der Waals surface area contributed by atoms with Crippen molar-refractivity contribution in [1.82, 2.24) is 0 Å². The molecule has 1 unspecified atom stereocenters. The van der Waals surface area contributed by atoms with Gasteiger partial charge in [-0.15, -0.1) is 4.94 Å². The number of rotatable bonds is 9. The van der Waals surface area contributed by atoms with Crippen LogP contribution in [0.15, 0.2) is 103 Å². The second kappa shape index (κ2) is 11.8. The molecule has 0 aromatic heterocycles. The summed E-state index contributed by atoms with van der Waals surface area (Å²) in [6, 6.07) is 26.8. The van der Waals surface area contributed by atoms with Crippen LogP contribution in [-0.2, 0) is 9.74 Å². The van der Waals surface area contributed by atoms with Gasteiger partial charge in [0.1, 0.15) is 23.0 Å². The molecule has 40 heavy (non-hydrogen) atoms. The monoisotopic (exact) mass is 558 g/mol. The molecule has 12 heteroatoms. The lowest BCUT2D eigenvalue weighted by molar-refractivity contribution is -0.379. The minimum Gasteiger partial charge on any atom is -0.457 e. The summed E-state index contributed by atoms with van der Waals surface area (Å²) in [6.45, 7) is 0. The van der Waals surface area contributed by atoms with Gasteiger partial charge in [-0.3, -0.25) is 9.59 Å². The summed E-state index contributed by atoms with van der Waals surface area (Å²) in [6.07, 6.45) is -5.93. The zero-order valence-corrected chi connectivity index (χ0v) is 20.2. The molecule has 0 saturated carbocycles. The van der Waals surface area contributed by atoms with E-state index in [4.69, 9.17) is 9.47 Å². The van der Waals surface area contributed by atoms with Gasteiger partial charge < -0.3 is 20.1 Å². The minimum absolute atomic E-state index is 0.220. The standard InChI is InChI=1S/C28H19F5N2O5/c29-27(40-33,28(30,31)32)26(37)35-20-11-15-22(16-12-20)39-24-8-4-7-23(17-24)38-21-13-9-19(10-14-21)34-25(36)18-5-2-1-3-6-18/h1-17H,(H,34,36)(H,35,37). The topological polar surface area (TPSA) is 85.9 Å². The van der Waals surface area contributed by atoms with Crippen LogP contribution in [0.3, 0.4) is 0 Å². The van der Waals surface area contributed by atoms with Crippen molar-refractivity contribution < 1.29 is 46.1 Å². The maximum atomic E-state index is 13.6. The van der Waals surface area contributed by atoms with Gasteiger partial charge in [0.15, 0.2) is 0 Å². The molecular weight excluding hydrogens is 539 g/mol. The number of carbonyl (C=O) groups excluding carboxylic acids is 2. The Kier molecular flexibility index (Phi) is 8.29. The molecule has 0 saturated heterocycles. The van der Waals surface area contributed by atoms with Gasteiger partial charge in [0.2, 0.25) is 0 Å². The van der Waals surface area contributed by atoms with Crippen molar-refractivity contribution in [3.05, 3.63) is 109 Å². The molecule has 0 radical (unpaired) electrons. The Morgan fingerprint density at radius 1 is 0.600 bits per heavy atom. The molecule has 4 rings (SSSR count). The van der Waals surface area contributed by atoms with Gasteiger partial charge in [-0.2, -0.15) is 17.6 Å². The highest BCUT2D eigenvalue weighted by Crippen LogP contribution is 2.37. The zero-order valence-electron chi connectivity index (χ0n) is 20.2. The van der Waals surface area contributed by atoms with Gasteiger partial charge >= 0.3 is 17.9 Å². The second-order valence-corrected chi connectivity index (χ2v) is 8.17. The highest BCUT2D eigenvalue weighted by molar-refractivity contribution is 6.04. The van der Waals surface area contributed by atoms with E-state index in [1.165, 1.54) is 12.1 Å². The smallest absolute Gasteiger partial charge is 0.457 e. The Morgan fingerprint density at radius 3 is 1.57 bits per heavy atom. The molecule has 0 aliphatic rings. The van der Waals surface area contributed by atoms with E-state index >= 15 is 0 Å². The lowest BCUT2D eigenvalue weighted by atomic mass is 10.2. The Bertz CT molecular complexity index is 1470. The van der Waals surface area contributed by atoms with Gasteiger partial charge in [-0.1, -0.05) is 24.3 Å². The van der Waals surface area contributed by atoms with E-state index < -0.39 is 17.9 Å². The number of hydrogen-bond donors (Lipinski definition) is 2. The molecular formula is C28H19F5N2O5. The molecule has 1 atom stereocenters. The van der Waals surface area contributed by atoms with Gasteiger partial charge in [0.25, 0.3) is 5.91 Å². The van der Waals surface area contributed by atoms with Crippen LogP contribution in [0.2, 0.25) is 0 Å². The third-order valence-electron chi connectivity index (χ3n) is 5.30. The largest absolute Gasteiger partial charge is 0.461 e. The normalized spacial score (nSPS) is 12.6. The van der Waals surface area contributed by atoms with Gasteiger partial charge in [0, 0.05) is 23.0 Å². The van der Waals surface area contributed by atoms with E-state index in [-0.39, 0.29) is 17.3 Å². The first-order valence-electron chi connectivity index (χ1n) is 11.5. The van der Waals surface area contributed by atoms with E-state index in [1.807, 2.05) is 6.07 Å². The first-order chi connectivity index (χ1) is 19.1. The Morgan fingerprint density at radius 2 is 1.10 bits per heavy atom. The van der Waals surface area contributed by atoms with Crippen molar-refractivity contribution in [2.45, 2.75) is 12.0 Å². The first-order valence-corrected chi connectivity index (χ1v) is 11.5. The number of alkyl halides is 4. The maximum Gasteiger partial charge on any atom is 0.461 e. The molecule has 0 fully saturated rings. The number of anilines is 2. The summed E-state index contributed by atoms with van der Waals surface area (Å²) in [4.78, 5) is 26.1. The van der Waals surface area contributed by atoms with Crippen LogP contribution >= 0.6 is 0 Å². The van der Waals surface area contributed by atoms with E-state index in [0.29, 0.717) is 28.5 Å². The van der Waals surface area contributed by atoms with Crippen LogP contribution in [0, 0.1) is 0 Å². The fourth-order valence-corrected chi connectivity index (χ4v) is 3.30. The average Bonchev–Trinajstić information content (AvgIpc) is 2.94. The molecule has 0 aliphatic heterocycles. The number of benzene rings is 4. The molecule has 0 aliphatic carbocycles. The van der Waals surface area contributed by atoms with Gasteiger partial charge in [0.05, 0.1) is 0 Å². The predicted octanol–water partition coefficient (Wildman–Crippen LogP) is 7.59. The molecule has 2 amide bonds. The minimum atomic E-state index is -5.93. The maximum absolute atomic E-state index is 13.6. The summed E-state index contributed by atoms with van der Waals surface area (Å²) in [7, 11) is 0. The molecule has 2 N–H and O–H groups in total. The zero-order chi connectivity index (χ0) is 28.8. The molecule has 0 heterocycles. The van der Waals surface area contributed by atoms with Crippen molar-refractivity contribution in [1.29, 1.82) is 0 Å². The fraction of sp³-hybridized carbons (Fsp3) is 0.0714. The number of hydrogen-bond acceptors (Lipinski definition) is 5. The molecule has 4 aromatic carbocycles. The van der Waals surface area contributed by atoms with Crippen molar-refractivity contribution in [3.63, 3.8) is 0 Å². The van der Waals surface area contributed by atoms with Crippen LogP contribution in [0.4, 0.5) is 33.5 Å². The number of halogens is 5. The molecule has 4 aromatic rings. The Balaban J connectivity index is 1.35. The Labute approximate surface area is 224 Å². The lowest BCUT2D eigenvalue weighted by Crippen LogP contribution is -2.51. The van der Waals surface area contributed by atoms with Crippen molar-refractivity contribution >= 4 is 23.2 Å². The van der Waals surface area contributed by atoms with Crippen molar-refractivity contribution in [2.75, 3.05) is 10.6 Å². The number of nitrogens with one attached hydrogen (secondary N) is 2. The lowest BCUT2D eigenvalue weighted by Gasteiger charge is -2.21. The van der Waals surface area contributed by atoms with Crippen molar-refractivity contribution in [2.24, 2.45) is 0 Å². The van der Waals surface area contributed by atoms with Gasteiger partial charge in [-0.05, 0) is 77.3 Å². The fourth-order valence-electron chi connectivity index (χ4n) is 3.30. The Hall–Kier alpha value is -4.97. The quantitative estimate of drug-likeness (QED) is 0.207. The van der Waals surface area contributed by atoms with E-state index in [0.717, 1.165) is 12.1 Å². The molecule has 7 nitrogen and oxygen atoms in total. The molecule has 206 valence electrons. The van der Waals surface area contributed by atoms with Crippen molar-refractivity contribution in [3.8, 4) is 23.0 Å². The molecule has 0 spiro atoms. The summed E-state index contributed by atoms with van der Waals surface area (Å²) < 4.78 is 75.1. The summed E-state index contributed by atoms with van der Waals surface area (Å²) in [5, 5.41) is 4.38. The highest BCUT2D eigenvalue weighted by Gasteiger charge is 2.65. The number of ether oxygens (including phenoxy) is 2. The predicted molar refractivity (Wildman–Crippen MR) is 135 cm³/mol. The molecule has 0 bridgehead atoms. The first kappa shape index (κ1) is 28.0. The van der Waals surface area contributed by atoms with Crippen LogP contribution in [-0.4, -0.2) is 23.8 Å². The highest BCUT2D eigenvalue weighted by atomic mass is 19.4.